The van der Waals surface area contributed by atoms with Gasteiger partial charge in [0.25, 0.3) is 11.5 Å². The summed E-state index contributed by atoms with van der Waals surface area (Å²) in [6.45, 7) is 0.0580. The van der Waals surface area contributed by atoms with Gasteiger partial charge >= 0.3 is 0 Å². The van der Waals surface area contributed by atoms with Crippen LogP contribution >= 0.6 is 11.6 Å². The van der Waals surface area contributed by atoms with Gasteiger partial charge in [0.1, 0.15) is 17.1 Å². The summed E-state index contributed by atoms with van der Waals surface area (Å²) in [4.78, 5) is 30.2. The molecule has 0 unspecified atom stereocenters. The van der Waals surface area contributed by atoms with Gasteiger partial charge in [0.15, 0.2) is 5.65 Å². The molecule has 0 fully saturated rings. The van der Waals surface area contributed by atoms with Crippen molar-refractivity contribution in [3.63, 3.8) is 0 Å². The van der Waals surface area contributed by atoms with Crippen molar-refractivity contribution in [1.82, 2.24) is 14.9 Å². The summed E-state index contributed by atoms with van der Waals surface area (Å²) in [7, 11) is 0. The molecule has 0 radical (unpaired) electrons. The third-order valence-corrected chi connectivity index (χ3v) is 4.97. The first-order valence-electron chi connectivity index (χ1n) is 8.97. The lowest BCUT2D eigenvalue weighted by molar-refractivity contribution is 0.0946. The molecule has 4 aromatic rings. The van der Waals surface area contributed by atoms with E-state index in [4.69, 9.17) is 11.6 Å². The van der Waals surface area contributed by atoms with Crippen molar-refractivity contribution >= 4 is 28.5 Å². The number of benzene rings is 2. The second kappa shape index (κ2) is 7.96. The Morgan fingerprint density at radius 3 is 2.70 bits per heavy atom. The molecule has 0 aliphatic rings. The second-order valence-corrected chi connectivity index (χ2v) is 6.90. The predicted octanol–water partition coefficient (Wildman–Crippen LogP) is 3.81. The zero-order chi connectivity index (χ0) is 21.3. The van der Waals surface area contributed by atoms with Gasteiger partial charge < -0.3 is 10.4 Å². The van der Waals surface area contributed by atoms with Crippen molar-refractivity contribution in [3.05, 3.63) is 99.2 Å². The number of hydrogen-bond acceptors (Lipinski definition) is 4. The standard InChI is InChI=1S/C22H15ClFN3O3/c23-17-9-2-1-5-13(17)12-26-21(29)18-19(28)16-8-4-10-25-20(16)27(22(18)30)15-7-3-6-14(24)11-15/h1-11,28H,12H2,(H,26,29). The van der Waals surface area contributed by atoms with Gasteiger partial charge in [-0.05, 0) is 42.0 Å². The van der Waals surface area contributed by atoms with E-state index in [-0.39, 0.29) is 23.3 Å². The molecule has 8 heteroatoms. The number of aromatic nitrogens is 2. The highest BCUT2D eigenvalue weighted by atomic mass is 35.5. The SMILES string of the molecule is O=C(NCc1ccccc1Cl)c1c(O)c2cccnc2n(-c2cccc(F)c2)c1=O. The first-order valence-corrected chi connectivity index (χ1v) is 9.35. The Labute approximate surface area is 175 Å². The molecule has 0 atom stereocenters. The molecule has 0 aliphatic heterocycles. The summed E-state index contributed by atoms with van der Waals surface area (Å²) in [5, 5.41) is 13.9. The van der Waals surface area contributed by atoms with Crippen LogP contribution in [-0.4, -0.2) is 20.6 Å². The lowest BCUT2D eigenvalue weighted by Crippen LogP contribution is -2.33. The Bertz CT molecular complexity index is 1340. The van der Waals surface area contributed by atoms with Gasteiger partial charge in [0, 0.05) is 17.8 Å². The van der Waals surface area contributed by atoms with E-state index in [0.29, 0.717) is 10.6 Å². The average Bonchev–Trinajstić information content (AvgIpc) is 2.73. The molecule has 0 bridgehead atoms. The monoisotopic (exact) mass is 423 g/mol. The van der Waals surface area contributed by atoms with Gasteiger partial charge in [-0.3, -0.25) is 14.2 Å². The molecule has 30 heavy (non-hydrogen) atoms. The van der Waals surface area contributed by atoms with Crippen LogP contribution in [0.25, 0.3) is 16.7 Å². The zero-order valence-electron chi connectivity index (χ0n) is 15.5. The van der Waals surface area contributed by atoms with E-state index in [1.54, 1.807) is 30.3 Å². The van der Waals surface area contributed by atoms with Crippen LogP contribution in [0.15, 0.2) is 71.7 Å². The Morgan fingerprint density at radius 2 is 1.93 bits per heavy atom. The van der Waals surface area contributed by atoms with Crippen LogP contribution in [0.3, 0.4) is 0 Å². The number of nitrogens with one attached hydrogen (secondary N) is 1. The lowest BCUT2D eigenvalue weighted by Gasteiger charge is -2.14. The van der Waals surface area contributed by atoms with Crippen molar-refractivity contribution in [1.29, 1.82) is 0 Å². The van der Waals surface area contributed by atoms with Crippen molar-refractivity contribution in [2.24, 2.45) is 0 Å². The Hall–Kier alpha value is -3.71. The largest absolute Gasteiger partial charge is 0.506 e. The highest BCUT2D eigenvalue weighted by Crippen LogP contribution is 2.27. The van der Waals surface area contributed by atoms with Gasteiger partial charge in [-0.15, -0.1) is 0 Å². The fourth-order valence-electron chi connectivity index (χ4n) is 3.17. The van der Waals surface area contributed by atoms with Crippen LogP contribution in [-0.2, 0) is 6.54 Å². The molecule has 0 saturated carbocycles. The van der Waals surface area contributed by atoms with Crippen molar-refractivity contribution < 1.29 is 14.3 Å². The summed E-state index contributed by atoms with van der Waals surface area (Å²) in [6.07, 6.45) is 1.44. The molecule has 2 aromatic heterocycles. The minimum absolute atomic E-state index is 0.0580. The maximum absolute atomic E-state index is 13.8. The summed E-state index contributed by atoms with van der Waals surface area (Å²) in [5.74, 6) is -1.83. The van der Waals surface area contributed by atoms with Crippen LogP contribution in [0, 0.1) is 5.82 Å². The molecule has 2 N–H and O–H groups in total. The molecular weight excluding hydrogens is 409 g/mol. The van der Waals surface area contributed by atoms with Crippen molar-refractivity contribution in [3.8, 4) is 11.4 Å². The van der Waals surface area contributed by atoms with E-state index in [0.717, 1.165) is 10.6 Å². The van der Waals surface area contributed by atoms with Gasteiger partial charge in [0.05, 0.1) is 11.1 Å². The molecule has 0 aliphatic carbocycles. The highest BCUT2D eigenvalue weighted by molar-refractivity contribution is 6.31. The molecule has 0 spiro atoms. The van der Waals surface area contributed by atoms with E-state index in [1.165, 1.54) is 30.5 Å². The number of carbonyl (C=O) groups is 1. The van der Waals surface area contributed by atoms with Gasteiger partial charge in [-0.2, -0.15) is 0 Å². The number of fused-ring (bicyclic) bond motifs is 1. The van der Waals surface area contributed by atoms with Gasteiger partial charge in [-0.25, -0.2) is 9.37 Å². The lowest BCUT2D eigenvalue weighted by atomic mass is 10.1. The molecule has 4 rings (SSSR count). The minimum Gasteiger partial charge on any atom is -0.506 e. The number of nitrogens with zero attached hydrogens (tertiary/aromatic N) is 2. The Kier molecular flexibility index (Phi) is 5.20. The summed E-state index contributed by atoms with van der Waals surface area (Å²) < 4.78 is 14.9. The summed E-state index contributed by atoms with van der Waals surface area (Å²) >= 11 is 6.10. The quantitative estimate of drug-likeness (QED) is 0.522. The average molecular weight is 424 g/mol. The number of halogens is 2. The number of amides is 1. The molecular formula is C22H15ClFN3O3. The Balaban J connectivity index is 1.85. The number of hydrogen-bond donors (Lipinski definition) is 2. The van der Waals surface area contributed by atoms with E-state index in [1.807, 2.05) is 0 Å². The molecule has 2 aromatic carbocycles. The second-order valence-electron chi connectivity index (χ2n) is 6.49. The van der Waals surface area contributed by atoms with Crippen LogP contribution in [0.2, 0.25) is 5.02 Å². The first-order chi connectivity index (χ1) is 14.5. The molecule has 6 nitrogen and oxygen atoms in total. The topological polar surface area (TPSA) is 84.2 Å². The third kappa shape index (κ3) is 3.51. The van der Waals surface area contributed by atoms with Crippen molar-refractivity contribution in [2.75, 3.05) is 0 Å². The van der Waals surface area contributed by atoms with Crippen LogP contribution < -0.4 is 10.9 Å². The van der Waals surface area contributed by atoms with E-state index in [2.05, 4.69) is 10.3 Å². The normalized spacial score (nSPS) is 10.9. The Morgan fingerprint density at radius 1 is 1.13 bits per heavy atom. The zero-order valence-corrected chi connectivity index (χ0v) is 16.2. The maximum Gasteiger partial charge on any atom is 0.273 e. The molecule has 0 saturated heterocycles. The molecule has 2 heterocycles. The fraction of sp³-hybridized carbons (Fsp3) is 0.0455. The highest BCUT2D eigenvalue weighted by Gasteiger charge is 2.23. The first kappa shape index (κ1) is 19.6. The van der Waals surface area contributed by atoms with Crippen LogP contribution in [0.4, 0.5) is 4.39 Å². The number of carbonyl (C=O) groups excluding carboxylic acids is 1. The minimum atomic E-state index is -0.819. The van der Waals surface area contributed by atoms with Gasteiger partial charge in [-0.1, -0.05) is 35.9 Å². The van der Waals surface area contributed by atoms with Crippen LogP contribution in [0.5, 0.6) is 5.75 Å². The number of pyridine rings is 2. The van der Waals surface area contributed by atoms with Crippen LogP contribution in [0.1, 0.15) is 15.9 Å². The smallest absolute Gasteiger partial charge is 0.273 e. The van der Waals surface area contributed by atoms with E-state index < -0.39 is 28.6 Å². The number of rotatable bonds is 4. The number of aromatic hydroxyl groups is 1. The third-order valence-electron chi connectivity index (χ3n) is 4.60. The molecule has 1 amide bonds. The predicted molar refractivity (Wildman–Crippen MR) is 112 cm³/mol. The van der Waals surface area contributed by atoms with Gasteiger partial charge in [0.2, 0.25) is 0 Å². The van der Waals surface area contributed by atoms with Crippen molar-refractivity contribution in [2.45, 2.75) is 6.54 Å². The summed E-state index contributed by atoms with van der Waals surface area (Å²) in [6, 6.07) is 15.4. The molecule has 150 valence electrons. The van der Waals surface area contributed by atoms with E-state index in [9.17, 15) is 19.1 Å². The maximum atomic E-state index is 13.8. The fourth-order valence-corrected chi connectivity index (χ4v) is 3.37. The summed E-state index contributed by atoms with van der Waals surface area (Å²) in [5.41, 5.74) is -0.343. The van der Waals surface area contributed by atoms with E-state index >= 15 is 0 Å².